The Bertz CT molecular complexity index is 2180. The van der Waals surface area contributed by atoms with Gasteiger partial charge in [0.1, 0.15) is 0 Å². The van der Waals surface area contributed by atoms with Gasteiger partial charge in [-0.2, -0.15) is 0 Å². The molecule has 0 radical (unpaired) electrons. The first-order valence-electron chi connectivity index (χ1n) is 15.7. The molecule has 0 fully saturated rings. The molecule has 4 N–H and O–H groups in total. The van der Waals surface area contributed by atoms with Gasteiger partial charge in [-0.1, -0.05) is 72.8 Å². The SMILES string of the molecule is O=C(Nc1ccccc1)c1ccc(S(=O)(=O)c2ccc(C(=O)Nc3ccccc3)c(C(=O)Nc3ccccc3)c2)cc1C(=O)Nc1ccccc1. The van der Waals surface area contributed by atoms with E-state index in [1.165, 1.54) is 24.3 Å². The van der Waals surface area contributed by atoms with E-state index in [4.69, 9.17) is 0 Å². The summed E-state index contributed by atoms with van der Waals surface area (Å²) < 4.78 is 28.4. The summed E-state index contributed by atoms with van der Waals surface area (Å²) in [5.74, 6) is -2.69. The predicted octanol–water partition coefficient (Wildman–Crippen LogP) is 7.53. The largest absolute Gasteiger partial charge is 0.322 e. The van der Waals surface area contributed by atoms with Gasteiger partial charge >= 0.3 is 0 Å². The third kappa shape index (κ3) is 8.07. The molecule has 6 aromatic carbocycles. The molecule has 0 atom stereocenters. The number of para-hydroxylation sites is 4. The van der Waals surface area contributed by atoms with E-state index in [-0.39, 0.29) is 32.0 Å². The van der Waals surface area contributed by atoms with Gasteiger partial charge in [0.2, 0.25) is 9.84 Å². The first-order valence-corrected chi connectivity index (χ1v) is 17.2. The minimum Gasteiger partial charge on any atom is -0.322 e. The number of carbonyl (C=O) groups excluding carboxylic acids is 4. The third-order valence-corrected chi connectivity index (χ3v) is 9.46. The number of anilines is 4. The second-order valence-electron chi connectivity index (χ2n) is 11.2. The van der Waals surface area contributed by atoms with E-state index in [2.05, 4.69) is 21.3 Å². The summed E-state index contributed by atoms with van der Waals surface area (Å²) in [6.07, 6.45) is 0. The maximum absolute atomic E-state index is 14.2. The van der Waals surface area contributed by atoms with Crippen LogP contribution < -0.4 is 21.3 Å². The van der Waals surface area contributed by atoms with Gasteiger partial charge in [0.15, 0.2) is 0 Å². The zero-order chi connectivity index (χ0) is 35.8. The van der Waals surface area contributed by atoms with Crippen LogP contribution in [0.3, 0.4) is 0 Å². The standard InChI is InChI=1S/C40H30N4O6S/c45-37(41-27-13-5-1-6-14-27)33-23-21-31(25-35(33)39(47)43-29-17-9-3-10-18-29)51(49,50)32-22-24-34(38(46)42-28-15-7-2-8-16-28)36(26-32)40(48)44-30-19-11-4-12-20-30/h1-26H,(H,41,45)(H,42,46)(H,43,47)(H,44,48). The van der Waals surface area contributed by atoms with Crippen LogP contribution in [0.15, 0.2) is 168 Å². The molecular weight excluding hydrogens is 665 g/mol. The lowest BCUT2D eigenvalue weighted by molar-refractivity contribution is 0.0990. The summed E-state index contributed by atoms with van der Waals surface area (Å²) in [7, 11) is -4.42. The Morgan fingerprint density at radius 2 is 0.588 bits per heavy atom. The number of hydrogen-bond donors (Lipinski definition) is 4. The minimum absolute atomic E-state index is 0.0675. The monoisotopic (exact) mass is 694 g/mol. The second kappa shape index (κ2) is 15.1. The first kappa shape index (κ1) is 34.0. The fourth-order valence-corrected chi connectivity index (χ4v) is 6.48. The Morgan fingerprint density at radius 3 is 0.863 bits per heavy atom. The van der Waals surface area contributed by atoms with E-state index < -0.39 is 33.5 Å². The van der Waals surface area contributed by atoms with Gasteiger partial charge in [-0.3, -0.25) is 19.2 Å². The van der Waals surface area contributed by atoms with Crippen LogP contribution in [-0.2, 0) is 9.84 Å². The molecule has 0 aliphatic carbocycles. The summed E-state index contributed by atoms with van der Waals surface area (Å²) >= 11 is 0. The highest BCUT2D eigenvalue weighted by Gasteiger charge is 2.27. The Balaban J connectivity index is 1.40. The van der Waals surface area contributed by atoms with Crippen molar-refractivity contribution < 1.29 is 27.6 Å². The minimum atomic E-state index is -4.42. The quantitative estimate of drug-likeness (QED) is 0.116. The van der Waals surface area contributed by atoms with Crippen molar-refractivity contribution in [2.75, 3.05) is 21.3 Å². The first-order chi connectivity index (χ1) is 24.7. The molecule has 0 aromatic heterocycles. The molecule has 6 rings (SSSR count). The molecule has 252 valence electrons. The van der Waals surface area contributed by atoms with E-state index in [1.54, 1.807) is 121 Å². The molecule has 0 unspecified atom stereocenters. The molecular formula is C40H30N4O6S. The molecule has 6 aromatic rings. The van der Waals surface area contributed by atoms with Crippen molar-refractivity contribution in [1.29, 1.82) is 0 Å². The average molecular weight is 695 g/mol. The molecule has 0 spiro atoms. The Morgan fingerprint density at radius 1 is 0.333 bits per heavy atom. The van der Waals surface area contributed by atoms with Crippen molar-refractivity contribution in [3.63, 3.8) is 0 Å². The molecule has 0 bridgehead atoms. The second-order valence-corrected chi connectivity index (χ2v) is 13.1. The van der Waals surface area contributed by atoms with Crippen LogP contribution in [0.4, 0.5) is 22.7 Å². The van der Waals surface area contributed by atoms with Gasteiger partial charge in [-0.25, -0.2) is 8.42 Å². The maximum atomic E-state index is 14.2. The van der Waals surface area contributed by atoms with Crippen LogP contribution >= 0.6 is 0 Å². The highest BCUT2D eigenvalue weighted by Crippen LogP contribution is 2.28. The van der Waals surface area contributed by atoms with Crippen molar-refractivity contribution in [3.05, 3.63) is 180 Å². The smallest absolute Gasteiger partial charge is 0.256 e. The fourth-order valence-electron chi connectivity index (χ4n) is 5.17. The van der Waals surface area contributed by atoms with Crippen molar-refractivity contribution in [2.24, 2.45) is 0 Å². The van der Waals surface area contributed by atoms with Crippen LogP contribution in [0.1, 0.15) is 41.4 Å². The number of amides is 4. The Hall–Kier alpha value is -6.85. The van der Waals surface area contributed by atoms with E-state index in [1.807, 2.05) is 0 Å². The molecule has 4 amide bonds. The summed E-state index contributed by atoms with van der Waals surface area (Å²) in [6.45, 7) is 0. The topological polar surface area (TPSA) is 151 Å². The number of sulfone groups is 1. The normalized spacial score (nSPS) is 10.8. The van der Waals surface area contributed by atoms with Crippen molar-refractivity contribution in [1.82, 2.24) is 0 Å². The average Bonchev–Trinajstić information content (AvgIpc) is 3.16. The molecule has 0 aliphatic rings. The van der Waals surface area contributed by atoms with E-state index in [0.717, 1.165) is 12.1 Å². The fraction of sp³-hybridized carbons (Fsp3) is 0. The third-order valence-electron chi connectivity index (χ3n) is 7.71. The van der Waals surface area contributed by atoms with Gasteiger partial charge in [0.05, 0.1) is 32.0 Å². The number of carbonyl (C=O) groups is 4. The van der Waals surface area contributed by atoms with Gasteiger partial charge in [0.25, 0.3) is 23.6 Å². The molecule has 0 heterocycles. The summed E-state index contributed by atoms with van der Waals surface area (Å²) in [5.41, 5.74) is 1.29. The molecule has 0 aliphatic heterocycles. The predicted molar refractivity (Wildman–Crippen MR) is 196 cm³/mol. The van der Waals surface area contributed by atoms with Gasteiger partial charge in [-0.05, 0) is 84.9 Å². The lowest BCUT2D eigenvalue weighted by Crippen LogP contribution is -2.22. The lowest BCUT2D eigenvalue weighted by Gasteiger charge is -2.15. The van der Waals surface area contributed by atoms with Crippen LogP contribution in [0.5, 0.6) is 0 Å². The summed E-state index contributed by atoms with van der Waals surface area (Å²) in [4.78, 5) is 53.4. The van der Waals surface area contributed by atoms with Crippen LogP contribution in [0.25, 0.3) is 0 Å². The van der Waals surface area contributed by atoms with Gasteiger partial charge in [-0.15, -0.1) is 0 Å². The zero-order valence-corrected chi connectivity index (χ0v) is 27.7. The molecule has 11 heteroatoms. The van der Waals surface area contributed by atoms with Crippen LogP contribution in [0, 0.1) is 0 Å². The van der Waals surface area contributed by atoms with E-state index in [0.29, 0.717) is 22.7 Å². The van der Waals surface area contributed by atoms with Crippen molar-refractivity contribution >= 4 is 56.2 Å². The molecule has 0 saturated heterocycles. The Kier molecular flexibility index (Phi) is 10.1. The number of hydrogen-bond acceptors (Lipinski definition) is 6. The lowest BCUT2D eigenvalue weighted by atomic mass is 10.1. The summed E-state index contributed by atoms with van der Waals surface area (Å²) in [5, 5.41) is 10.9. The van der Waals surface area contributed by atoms with Gasteiger partial charge < -0.3 is 21.3 Å². The van der Waals surface area contributed by atoms with E-state index in [9.17, 15) is 27.6 Å². The molecule has 0 saturated carbocycles. The Labute approximate surface area is 294 Å². The molecule has 51 heavy (non-hydrogen) atoms. The summed E-state index contributed by atoms with van der Waals surface area (Å²) in [6, 6.07) is 41.4. The van der Waals surface area contributed by atoms with E-state index >= 15 is 0 Å². The van der Waals surface area contributed by atoms with Crippen molar-refractivity contribution in [2.45, 2.75) is 9.79 Å². The highest BCUT2D eigenvalue weighted by molar-refractivity contribution is 7.91. The number of nitrogens with one attached hydrogen (secondary N) is 4. The van der Waals surface area contributed by atoms with Crippen molar-refractivity contribution in [3.8, 4) is 0 Å². The van der Waals surface area contributed by atoms with Crippen LogP contribution in [-0.4, -0.2) is 32.0 Å². The number of benzene rings is 6. The van der Waals surface area contributed by atoms with Crippen LogP contribution in [0.2, 0.25) is 0 Å². The molecule has 10 nitrogen and oxygen atoms in total. The maximum Gasteiger partial charge on any atom is 0.256 e. The highest BCUT2D eigenvalue weighted by atomic mass is 32.2. The zero-order valence-electron chi connectivity index (χ0n) is 26.9. The number of rotatable bonds is 10. The van der Waals surface area contributed by atoms with Gasteiger partial charge in [0, 0.05) is 22.7 Å².